The molecule has 1 aliphatic rings. The van der Waals surface area contributed by atoms with Crippen LogP contribution < -0.4 is 5.73 Å². The molecule has 0 aromatic carbocycles. The van der Waals surface area contributed by atoms with Gasteiger partial charge in [-0.1, -0.05) is 31.9 Å². The lowest BCUT2D eigenvalue weighted by molar-refractivity contribution is 0.151. The average molecular weight is 253 g/mol. The second kappa shape index (κ2) is 4.58. The number of nitrogens with zero attached hydrogens (tertiary/aromatic N) is 1. The number of pyridine rings is 1. The van der Waals surface area contributed by atoms with E-state index in [0.29, 0.717) is 5.41 Å². The molecule has 0 amide bonds. The fourth-order valence-corrected chi connectivity index (χ4v) is 3.31. The molecule has 1 saturated carbocycles. The minimum absolute atomic E-state index is 0.104. The SMILES string of the molecule is CC1(C)CCCC(N)(Cc2ccncc2Cl)C1. The van der Waals surface area contributed by atoms with E-state index in [4.69, 9.17) is 17.3 Å². The number of hydrogen-bond donors (Lipinski definition) is 1. The van der Waals surface area contributed by atoms with Gasteiger partial charge in [0.1, 0.15) is 0 Å². The lowest BCUT2D eigenvalue weighted by Crippen LogP contribution is -2.48. The molecule has 2 N–H and O–H groups in total. The Hall–Kier alpha value is -0.600. The maximum atomic E-state index is 6.56. The summed E-state index contributed by atoms with van der Waals surface area (Å²) >= 11 is 6.16. The quantitative estimate of drug-likeness (QED) is 0.874. The summed E-state index contributed by atoms with van der Waals surface area (Å²) in [5, 5.41) is 0.737. The highest BCUT2D eigenvalue weighted by molar-refractivity contribution is 6.31. The van der Waals surface area contributed by atoms with Gasteiger partial charge in [-0.05, 0) is 42.7 Å². The predicted octanol–water partition coefficient (Wildman–Crippen LogP) is 3.58. The van der Waals surface area contributed by atoms with E-state index < -0.39 is 0 Å². The van der Waals surface area contributed by atoms with Crippen molar-refractivity contribution in [2.45, 2.75) is 51.5 Å². The predicted molar refractivity (Wildman–Crippen MR) is 72.1 cm³/mol. The van der Waals surface area contributed by atoms with E-state index in [1.165, 1.54) is 12.8 Å². The van der Waals surface area contributed by atoms with Crippen LogP contribution in [0.4, 0.5) is 0 Å². The van der Waals surface area contributed by atoms with E-state index >= 15 is 0 Å². The van der Waals surface area contributed by atoms with Crippen LogP contribution in [0.1, 0.15) is 45.1 Å². The maximum absolute atomic E-state index is 6.56. The van der Waals surface area contributed by atoms with Gasteiger partial charge in [-0.15, -0.1) is 0 Å². The fraction of sp³-hybridized carbons (Fsp3) is 0.643. The topological polar surface area (TPSA) is 38.9 Å². The molecule has 0 aliphatic heterocycles. The monoisotopic (exact) mass is 252 g/mol. The third-order valence-corrected chi connectivity index (χ3v) is 4.10. The molecule has 1 unspecified atom stereocenters. The Kier molecular flexibility index (Phi) is 3.46. The summed E-state index contributed by atoms with van der Waals surface area (Å²) in [6.45, 7) is 4.61. The highest BCUT2D eigenvalue weighted by atomic mass is 35.5. The highest BCUT2D eigenvalue weighted by Crippen LogP contribution is 2.41. The molecule has 2 nitrogen and oxygen atoms in total. The van der Waals surface area contributed by atoms with Gasteiger partial charge in [0, 0.05) is 17.9 Å². The van der Waals surface area contributed by atoms with Gasteiger partial charge in [-0.25, -0.2) is 0 Å². The molecule has 1 aliphatic carbocycles. The first-order valence-corrected chi connectivity index (χ1v) is 6.65. The third-order valence-electron chi connectivity index (χ3n) is 3.76. The van der Waals surface area contributed by atoms with Crippen LogP contribution in [0.3, 0.4) is 0 Å². The normalized spacial score (nSPS) is 28.0. The molecule has 0 spiro atoms. The van der Waals surface area contributed by atoms with Gasteiger partial charge < -0.3 is 5.73 Å². The van der Waals surface area contributed by atoms with Gasteiger partial charge in [0.05, 0.1) is 5.02 Å². The zero-order valence-electron chi connectivity index (χ0n) is 10.7. The van der Waals surface area contributed by atoms with Gasteiger partial charge >= 0.3 is 0 Å². The van der Waals surface area contributed by atoms with Crippen molar-refractivity contribution in [1.29, 1.82) is 0 Å². The van der Waals surface area contributed by atoms with Crippen LogP contribution in [0, 0.1) is 5.41 Å². The molecule has 0 bridgehead atoms. The Balaban J connectivity index is 2.15. The zero-order valence-corrected chi connectivity index (χ0v) is 11.4. The molecular weight excluding hydrogens is 232 g/mol. The van der Waals surface area contributed by atoms with Gasteiger partial charge in [0.2, 0.25) is 0 Å². The molecule has 1 aromatic heterocycles. The summed E-state index contributed by atoms with van der Waals surface area (Å²) in [5.74, 6) is 0. The standard InChI is InChI=1S/C14H21ClN2/c1-13(2)5-3-6-14(16,10-13)8-11-4-7-17-9-12(11)15/h4,7,9H,3,5-6,8,10,16H2,1-2H3. The first kappa shape index (κ1) is 12.8. The summed E-state index contributed by atoms with van der Waals surface area (Å²) in [5.41, 5.74) is 7.93. The van der Waals surface area contributed by atoms with Gasteiger partial charge in [0.15, 0.2) is 0 Å². The third kappa shape index (κ3) is 3.20. The summed E-state index contributed by atoms with van der Waals surface area (Å²) < 4.78 is 0. The van der Waals surface area contributed by atoms with E-state index in [1.807, 2.05) is 6.07 Å². The Morgan fingerprint density at radius 3 is 2.82 bits per heavy atom. The molecular formula is C14H21ClN2. The number of nitrogens with two attached hydrogens (primary N) is 1. The molecule has 0 radical (unpaired) electrons. The smallest absolute Gasteiger partial charge is 0.0621 e. The molecule has 17 heavy (non-hydrogen) atoms. The number of aromatic nitrogens is 1. The van der Waals surface area contributed by atoms with Crippen LogP contribution in [-0.2, 0) is 6.42 Å². The van der Waals surface area contributed by atoms with E-state index in [0.717, 1.165) is 29.8 Å². The van der Waals surface area contributed by atoms with E-state index in [1.54, 1.807) is 12.4 Å². The number of rotatable bonds is 2. The molecule has 1 atom stereocenters. The van der Waals surface area contributed by atoms with Crippen LogP contribution in [-0.4, -0.2) is 10.5 Å². The zero-order chi connectivity index (χ0) is 12.5. The minimum atomic E-state index is -0.104. The largest absolute Gasteiger partial charge is 0.325 e. The highest BCUT2D eigenvalue weighted by Gasteiger charge is 2.37. The van der Waals surface area contributed by atoms with Crippen molar-refractivity contribution in [1.82, 2.24) is 4.98 Å². The van der Waals surface area contributed by atoms with Crippen LogP contribution >= 0.6 is 11.6 Å². The molecule has 1 fully saturated rings. The maximum Gasteiger partial charge on any atom is 0.0621 e. The van der Waals surface area contributed by atoms with Crippen LogP contribution in [0.15, 0.2) is 18.5 Å². The van der Waals surface area contributed by atoms with Crippen molar-refractivity contribution in [2.24, 2.45) is 11.1 Å². The Bertz CT molecular complexity index is 403. The van der Waals surface area contributed by atoms with Crippen molar-refractivity contribution >= 4 is 11.6 Å². The van der Waals surface area contributed by atoms with Gasteiger partial charge in [0.25, 0.3) is 0 Å². The second-order valence-electron chi connectivity index (χ2n) is 6.20. The minimum Gasteiger partial charge on any atom is -0.325 e. The van der Waals surface area contributed by atoms with Crippen LogP contribution in [0.2, 0.25) is 5.02 Å². The molecule has 2 rings (SSSR count). The van der Waals surface area contributed by atoms with E-state index in [9.17, 15) is 0 Å². The Morgan fingerprint density at radius 2 is 2.18 bits per heavy atom. The average Bonchev–Trinajstić information content (AvgIpc) is 2.19. The van der Waals surface area contributed by atoms with Crippen molar-refractivity contribution < 1.29 is 0 Å². The molecule has 0 saturated heterocycles. The van der Waals surface area contributed by atoms with Gasteiger partial charge in [-0.3, -0.25) is 4.98 Å². The molecule has 3 heteroatoms. The number of hydrogen-bond acceptors (Lipinski definition) is 2. The molecule has 1 heterocycles. The first-order valence-electron chi connectivity index (χ1n) is 6.28. The summed E-state index contributed by atoms with van der Waals surface area (Å²) in [4.78, 5) is 4.02. The summed E-state index contributed by atoms with van der Waals surface area (Å²) in [7, 11) is 0. The molecule has 1 aromatic rings. The van der Waals surface area contributed by atoms with Crippen molar-refractivity contribution in [3.8, 4) is 0 Å². The van der Waals surface area contributed by atoms with Crippen molar-refractivity contribution in [3.63, 3.8) is 0 Å². The lowest BCUT2D eigenvalue weighted by Gasteiger charge is -2.43. The van der Waals surface area contributed by atoms with E-state index in [-0.39, 0.29) is 5.54 Å². The van der Waals surface area contributed by atoms with E-state index in [2.05, 4.69) is 18.8 Å². The van der Waals surface area contributed by atoms with Crippen molar-refractivity contribution in [3.05, 3.63) is 29.0 Å². The lowest BCUT2D eigenvalue weighted by atomic mass is 9.67. The molecule has 94 valence electrons. The Morgan fingerprint density at radius 1 is 1.41 bits per heavy atom. The number of halogens is 1. The van der Waals surface area contributed by atoms with Crippen LogP contribution in [0.25, 0.3) is 0 Å². The van der Waals surface area contributed by atoms with Gasteiger partial charge in [-0.2, -0.15) is 0 Å². The summed E-state index contributed by atoms with van der Waals surface area (Å²) in [6, 6.07) is 1.98. The van der Waals surface area contributed by atoms with Crippen LogP contribution in [0.5, 0.6) is 0 Å². The fourth-order valence-electron chi connectivity index (χ4n) is 3.13. The summed E-state index contributed by atoms with van der Waals surface area (Å²) in [6.07, 6.45) is 9.00. The first-order chi connectivity index (χ1) is 7.90. The van der Waals surface area contributed by atoms with Crippen molar-refractivity contribution in [2.75, 3.05) is 0 Å². The second-order valence-corrected chi connectivity index (χ2v) is 6.61. The Labute approximate surface area is 109 Å².